The lowest BCUT2D eigenvalue weighted by molar-refractivity contribution is 0.383. The maximum Gasteiger partial charge on any atom is 0.252 e. The van der Waals surface area contributed by atoms with Crippen molar-refractivity contribution in [3.05, 3.63) is 48.1 Å². The van der Waals surface area contributed by atoms with Gasteiger partial charge in [-0.05, 0) is 30.8 Å². The predicted octanol–water partition coefficient (Wildman–Crippen LogP) is 3.46. The summed E-state index contributed by atoms with van der Waals surface area (Å²) >= 11 is 0.440. The first-order valence-corrected chi connectivity index (χ1v) is 7.56. The van der Waals surface area contributed by atoms with Crippen LogP contribution in [0.3, 0.4) is 0 Å². The summed E-state index contributed by atoms with van der Waals surface area (Å²) in [6, 6.07) is 3.38. The van der Waals surface area contributed by atoms with Gasteiger partial charge in [0.1, 0.15) is 0 Å². The molecule has 0 atom stereocenters. The number of pyridine rings is 2. The van der Waals surface area contributed by atoms with Crippen molar-refractivity contribution in [3.8, 4) is 11.4 Å². The smallest absolute Gasteiger partial charge is 0.252 e. The van der Waals surface area contributed by atoms with E-state index in [-0.39, 0.29) is 5.16 Å². The zero-order chi connectivity index (χ0) is 17.3. The van der Waals surface area contributed by atoms with Gasteiger partial charge in [-0.2, -0.15) is 13.8 Å². The second-order valence-electron chi connectivity index (χ2n) is 4.54. The summed E-state index contributed by atoms with van der Waals surface area (Å²) < 4.78 is 55.5. The summed E-state index contributed by atoms with van der Waals surface area (Å²) in [5, 5.41) is 7.92. The van der Waals surface area contributed by atoms with E-state index in [1.807, 2.05) is 0 Å². The quantitative estimate of drug-likeness (QED) is 0.530. The van der Waals surface area contributed by atoms with Crippen molar-refractivity contribution in [2.24, 2.45) is 0 Å². The number of halogens is 4. The first-order valence-electron chi connectivity index (χ1n) is 6.74. The van der Waals surface area contributed by atoms with Gasteiger partial charge in [0, 0.05) is 24.5 Å². The molecule has 3 rings (SSSR count). The van der Waals surface area contributed by atoms with Crippen LogP contribution in [0.5, 0.6) is 0 Å². The molecule has 0 aromatic carbocycles. The molecule has 0 amide bonds. The third kappa shape index (κ3) is 2.84. The Labute approximate surface area is 137 Å². The summed E-state index contributed by atoms with van der Waals surface area (Å²) in [4.78, 5) is 5.56. The van der Waals surface area contributed by atoms with Crippen molar-refractivity contribution in [2.45, 2.75) is 23.5 Å². The predicted molar refractivity (Wildman–Crippen MR) is 77.1 cm³/mol. The van der Waals surface area contributed by atoms with Gasteiger partial charge in [-0.15, -0.1) is 10.2 Å². The van der Waals surface area contributed by atoms with Crippen molar-refractivity contribution < 1.29 is 17.6 Å². The number of rotatable bonds is 4. The van der Waals surface area contributed by atoms with E-state index in [1.54, 1.807) is 36.0 Å². The highest BCUT2D eigenvalue weighted by Gasteiger charge is 2.24. The Morgan fingerprint density at radius 1 is 1.00 bits per heavy atom. The van der Waals surface area contributed by atoms with Crippen LogP contribution in [0.15, 0.2) is 34.6 Å². The average molecular weight is 355 g/mol. The Kier molecular flexibility index (Phi) is 4.47. The molecule has 3 aromatic heterocycles. The summed E-state index contributed by atoms with van der Waals surface area (Å²) in [6.07, 6.45) is 3.12. The van der Waals surface area contributed by atoms with Crippen LogP contribution in [-0.2, 0) is 6.54 Å². The molecule has 124 valence electrons. The second-order valence-corrected chi connectivity index (χ2v) is 5.52. The van der Waals surface area contributed by atoms with Crippen LogP contribution in [0, 0.1) is 23.5 Å². The molecule has 0 aliphatic carbocycles. The van der Waals surface area contributed by atoms with Gasteiger partial charge in [-0.1, -0.05) is 0 Å². The van der Waals surface area contributed by atoms with E-state index in [1.165, 1.54) is 0 Å². The minimum atomic E-state index is -1.71. The molecular weight excluding hydrogens is 346 g/mol. The van der Waals surface area contributed by atoms with Crippen LogP contribution in [0.1, 0.15) is 6.92 Å². The molecule has 0 saturated heterocycles. The van der Waals surface area contributed by atoms with Crippen LogP contribution < -0.4 is 0 Å². The van der Waals surface area contributed by atoms with Crippen molar-refractivity contribution in [2.75, 3.05) is 0 Å². The third-order valence-electron chi connectivity index (χ3n) is 3.12. The summed E-state index contributed by atoms with van der Waals surface area (Å²) in [6.45, 7) is 2.16. The molecule has 0 aliphatic heterocycles. The molecule has 3 aromatic rings. The van der Waals surface area contributed by atoms with E-state index in [4.69, 9.17) is 0 Å². The van der Waals surface area contributed by atoms with Crippen molar-refractivity contribution in [1.82, 2.24) is 24.7 Å². The fourth-order valence-corrected chi connectivity index (χ4v) is 2.95. The molecule has 0 N–H and O–H groups in total. The molecule has 0 unspecified atom stereocenters. The number of hydrogen-bond acceptors (Lipinski definition) is 5. The van der Waals surface area contributed by atoms with Gasteiger partial charge in [-0.25, -0.2) is 8.78 Å². The van der Waals surface area contributed by atoms with Gasteiger partial charge in [0.05, 0.1) is 4.90 Å². The fourth-order valence-electron chi connectivity index (χ4n) is 2.01. The number of aromatic nitrogens is 5. The van der Waals surface area contributed by atoms with Gasteiger partial charge in [0.15, 0.2) is 22.6 Å². The molecule has 0 bridgehead atoms. The minimum Gasteiger partial charge on any atom is -0.302 e. The van der Waals surface area contributed by atoms with Crippen LogP contribution in [0.2, 0.25) is 0 Å². The molecule has 5 nitrogen and oxygen atoms in total. The molecule has 0 spiro atoms. The largest absolute Gasteiger partial charge is 0.302 e. The fraction of sp³-hybridized carbons (Fsp3) is 0.143. The standard InChI is InChI=1S/C14H9F4N5S/c1-2-23-13(7-3-5-19-6-4-7)21-22-14(23)24-10-8(15)11(17)20-12(18)9(10)16/h3-6H,2H2,1H3. The van der Waals surface area contributed by atoms with Crippen LogP contribution in [0.4, 0.5) is 17.6 Å². The lowest BCUT2D eigenvalue weighted by Crippen LogP contribution is -2.04. The van der Waals surface area contributed by atoms with E-state index in [0.29, 0.717) is 29.7 Å². The van der Waals surface area contributed by atoms with E-state index < -0.39 is 28.4 Å². The maximum absolute atomic E-state index is 13.8. The second kappa shape index (κ2) is 6.56. The van der Waals surface area contributed by atoms with E-state index in [9.17, 15) is 17.6 Å². The molecule has 10 heteroatoms. The first kappa shape index (κ1) is 16.4. The van der Waals surface area contributed by atoms with Gasteiger partial charge in [0.2, 0.25) is 0 Å². The van der Waals surface area contributed by atoms with E-state index in [2.05, 4.69) is 20.2 Å². The van der Waals surface area contributed by atoms with Crippen LogP contribution in [0.25, 0.3) is 11.4 Å². The lowest BCUT2D eigenvalue weighted by atomic mass is 10.2. The molecule has 0 saturated carbocycles. The topological polar surface area (TPSA) is 56.5 Å². The Balaban J connectivity index is 2.06. The van der Waals surface area contributed by atoms with Crippen molar-refractivity contribution in [1.29, 1.82) is 0 Å². The highest BCUT2D eigenvalue weighted by molar-refractivity contribution is 7.99. The first-order chi connectivity index (χ1) is 11.5. The van der Waals surface area contributed by atoms with Gasteiger partial charge in [0.25, 0.3) is 11.9 Å². The molecule has 0 radical (unpaired) electrons. The SMILES string of the molecule is CCn1c(Sc2c(F)c(F)nc(F)c2F)nnc1-c1ccncc1. The molecule has 24 heavy (non-hydrogen) atoms. The number of nitrogens with zero attached hydrogens (tertiary/aromatic N) is 5. The normalized spacial score (nSPS) is 11.0. The Hall–Kier alpha value is -2.49. The Morgan fingerprint density at radius 2 is 1.62 bits per heavy atom. The van der Waals surface area contributed by atoms with Gasteiger partial charge in [-0.3, -0.25) is 4.98 Å². The molecular formula is C14H9F4N5S. The summed E-state index contributed by atoms with van der Waals surface area (Å²) in [5.41, 5.74) is 0.694. The zero-order valence-corrected chi connectivity index (χ0v) is 13.0. The van der Waals surface area contributed by atoms with Gasteiger partial charge < -0.3 is 4.57 Å². The van der Waals surface area contributed by atoms with E-state index >= 15 is 0 Å². The van der Waals surface area contributed by atoms with Gasteiger partial charge >= 0.3 is 0 Å². The average Bonchev–Trinajstić information content (AvgIpc) is 3.00. The molecule has 3 heterocycles. The molecule has 0 aliphatic rings. The highest BCUT2D eigenvalue weighted by Crippen LogP contribution is 2.34. The third-order valence-corrected chi connectivity index (χ3v) is 4.17. The van der Waals surface area contributed by atoms with Crippen LogP contribution in [-0.4, -0.2) is 24.7 Å². The lowest BCUT2D eigenvalue weighted by Gasteiger charge is -2.08. The Morgan fingerprint density at radius 3 is 2.21 bits per heavy atom. The van der Waals surface area contributed by atoms with Crippen molar-refractivity contribution in [3.63, 3.8) is 0 Å². The van der Waals surface area contributed by atoms with E-state index in [0.717, 1.165) is 0 Å². The highest BCUT2D eigenvalue weighted by atomic mass is 32.2. The maximum atomic E-state index is 13.8. The monoisotopic (exact) mass is 355 g/mol. The minimum absolute atomic E-state index is 0.0899. The zero-order valence-electron chi connectivity index (χ0n) is 12.2. The van der Waals surface area contributed by atoms with Crippen molar-refractivity contribution >= 4 is 11.8 Å². The Bertz CT molecular complexity index is 858. The van der Waals surface area contributed by atoms with Crippen LogP contribution >= 0.6 is 11.8 Å². The molecule has 0 fully saturated rings. The summed E-state index contributed by atoms with van der Waals surface area (Å²) in [7, 11) is 0. The summed E-state index contributed by atoms with van der Waals surface area (Å²) in [5.74, 6) is -6.13. The number of hydrogen-bond donors (Lipinski definition) is 0.